The number of rotatable bonds is 4. The second kappa shape index (κ2) is 7.88. The zero-order valence-corrected chi connectivity index (χ0v) is 18.5. The van der Waals surface area contributed by atoms with Crippen LogP contribution in [0.25, 0.3) is 5.57 Å². The van der Waals surface area contributed by atoms with Crippen molar-refractivity contribution >= 4 is 28.8 Å². The quantitative estimate of drug-likeness (QED) is 0.568. The Morgan fingerprint density at radius 2 is 1.39 bits per heavy atom. The number of amides is 2. The summed E-state index contributed by atoms with van der Waals surface area (Å²) in [5.41, 5.74) is 8.00. The molecule has 1 heterocycles. The summed E-state index contributed by atoms with van der Waals surface area (Å²) in [4.78, 5) is 28.5. The number of nitrogens with zero attached hydrogens (tertiary/aromatic N) is 1. The second-order valence-electron chi connectivity index (χ2n) is 8.22. The lowest BCUT2D eigenvalue weighted by Crippen LogP contribution is -2.33. The topological polar surface area (TPSA) is 49.4 Å². The first kappa shape index (κ1) is 20.6. The molecule has 3 aromatic rings. The van der Waals surface area contributed by atoms with Crippen molar-refractivity contribution in [1.82, 2.24) is 0 Å². The lowest BCUT2D eigenvalue weighted by atomic mass is 10.0. The van der Waals surface area contributed by atoms with Gasteiger partial charge in [0, 0.05) is 5.69 Å². The molecule has 1 aliphatic rings. The molecule has 0 aromatic heterocycles. The number of nitrogens with one attached hydrogen (secondary N) is 1. The molecule has 4 rings (SSSR count). The largest absolute Gasteiger partial charge is 0.350 e. The number of aryl methyl sites for hydroxylation is 4. The summed E-state index contributed by atoms with van der Waals surface area (Å²) >= 11 is 0. The van der Waals surface area contributed by atoms with E-state index in [0.29, 0.717) is 17.0 Å². The van der Waals surface area contributed by atoms with Gasteiger partial charge in [-0.2, -0.15) is 0 Å². The van der Waals surface area contributed by atoms with Gasteiger partial charge >= 0.3 is 0 Å². The van der Waals surface area contributed by atoms with E-state index in [9.17, 15) is 9.59 Å². The van der Waals surface area contributed by atoms with Crippen molar-refractivity contribution in [3.05, 3.63) is 99.7 Å². The van der Waals surface area contributed by atoms with Gasteiger partial charge in [0.25, 0.3) is 11.8 Å². The molecule has 0 atom stereocenters. The van der Waals surface area contributed by atoms with Gasteiger partial charge in [-0.05, 0) is 74.6 Å². The van der Waals surface area contributed by atoms with Crippen LogP contribution >= 0.6 is 0 Å². The van der Waals surface area contributed by atoms with E-state index in [1.54, 1.807) is 0 Å². The van der Waals surface area contributed by atoms with Crippen LogP contribution in [-0.4, -0.2) is 11.8 Å². The van der Waals surface area contributed by atoms with Gasteiger partial charge in [-0.15, -0.1) is 0 Å². The highest BCUT2D eigenvalue weighted by Crippen LogP contribution is 2.36. The Hall–Kier alpha value is -3.66. The van der Waals surface area contributed by atoms with Crippen LogP contribution in [-0.2, 0) is 9.59 Å². The monoisotopic (exact) mass is 410 g/mol. The Kier molecular flexibility index (Phi) is 5.24. The van der Waals surface area contributed by atoms with Gasteiger partial charge in [-0.25, -0.2) is 4.90 Å². The van der Waals surface area contributed by atoms with Gasteiger partial charge in [-0.3, -0.25) is 9.59 Å². The molecule has 4 heteroatoms. The summed E-state index contributed by atoms with van der Waals surface area (Å²) in [6.45, 7) is 9.90. The maximum Gasteiger partial charge on any atom is 0.282 e. The smallest absolute Gasteiger partial charge is 0.282 e. The van der Waals surface area contributed by atoms with Crippen LogP contribution in [0, 0.1) is 34.6 Å². The molecule has 0 saturated carbocycles. The third kappa shape index (κ3) is 3.66. The minimum atomic E-state index is -0.338. The maximum absolute atomic E-state index is 13.6. The molecule has 1 aliphatic heterocycles. The van der Waals surface area contributed by atoms with E-state index in [2.05, 4.69) is 5.32 Å². The molecule has 0 unspecified atom stereocenters. The number of imide groups is 1. The zero-order valence-electron chi connectivity index (χ0n) is 18.5. The fourth-order valence-corrected chi connectivity index (χ4v) is 3.83. The Balaban J connectivity index is 1.88. The Morgan fingerprint density at radius 3 is 2.10 bits per heavy atom. The standard InChI is InChI=1S/C27H26N2O2/c1-16-10-13-21(14-11-16)24-25(28-22-8-6-7-18(3)20(22)5)27(31)29(26(24)30)23-15-17(2)9-12-19(23)4/h6-15,28H,1-5H3. The summed E-state index contributed by atoms with van der Waals surface area (Å²) in [5.74, 6) is -0.648. The number of benzene rings is 3. The molecule has 4 nitrogen and oxygen atoms in total. The SMILES string of the molecule is Cc1ccc(C2=C(Nc3cccc(C)c3C)C(=O)N(c3cc(C)ccc3C)C2=O)cc1. The minimum Gasteiger partial charge on any atom is -0.350 e. The summed E-state index contributed by atoms with van der Waals surface area (Å²) < 4.78 is 0. The van der Waals surface area contributed by atoms with Crippen molar-refractivity contribution < 1.29 is 9.59 Å². The van der Waals surface area contributed by atoms with Gasteiger partial charge in [0.2, 0.25) is 0 Å². The van der Waals surface area contributed by atoms with Gasteiger partial charge in [0.1, 0.15) is 5.70 Å². The fourth-order valence-electron chi connectivity index (χ4n) is 3.83. The number of carbonyl (C=O) groups excluding carboxylic acids is 2. The van der Waals surface area contributed by atoms with Crippen molar-refractivity contribution in [1.29, 1.82) is 0 Å². The summed E-state index contributed by atoms with van der Waals surface area (Å²) in [5, 5.41) is 3.29. The van der Waals surface area contributed by atoms with Crippen LogP contribution in [0.4, 0.5) is 11.4 Å². The second-order valence-corrected chi connectivity index (χ2v) is 8.22. The van der Waals surface area contributed by atoms with E-state index in [4.69, 9.17) is 0 Å². The van der Waals surface area contributed by atoms with E-state index >= 15 is 0 Å². The molecular formula is C27H26N2O2. The molecule has 156 valence electrons. The van der Waals surface area contributed by atoms with E-state index in [1.807, 2.05) is 95.3 Å². The third-order valence-electron chi connectivity index (χ3n) is 5.89. The van der Waals surface area contributed by atoms with E-state index in [1.165, 1.54) is 4.90 Å². The summed E-state index contributed by atoms with van der Waals surface area (Å²) in [7, 11) is 0. The molecule has 1 N–H and O–H groups in total. The molecule has 2 amide bonds. The van der Waals surface area contributed by atoms with Crippen LogP contribution in [0.3, 0.4) is 0 Å². The zero-order chi connectivity index (χ0) is 22.3. The highest BCUT2D eigenvalue weighted by atomic mass is 16.2. The summed E-state index contributed by atoms with van der Waals surface area (Å²) in [6, 6.07) is 19.4. The van der Waals surface area contributed by atoms with Crippen LogP contribution in [0.2, 0.25) is 0 Å². The lowest BCUT2D eigenvalue weighted by molar-refractivity contribution is -0.120. The molecular weight excluding hydrogens is 384 g/mol. The van der Waals surface area contributed by atoms with Gasteiger partial charge in [0.05, 0.1) is 11.3 Å². The molecule has 3 aromatic carbocycles. The van der Waals surface area contributed by atoms with E-state index < -0.39 is 0 Å². The van der Waals surface area contributed by atoms with Crippen molar-refractivity contribution in [3.8, 4) is 0 Å². The Bertz CT molecular complexity index is 1240. The normalized spacial score (nSPS) is 13.9. The molecule has 31 heavy (non-hydrogen) atoms. The molecule has 0 fully saturated rings. The first-order valence-electron chi connectivity index (χ1n) is 10.4. The fraction of sp³-hybridized carbons (Fsp3) is 0.185. The maximum atomic E-state index is 13.6. The van der Waals surface area contributed by atoms with E-state index in [0.717, 1.165) is 39.1 Å². The van der Waals surface area contributed by atoms with Crippen molar-refractivity contribution in [3.63, 3.8) is 0 Å². The van der Waals surface area contributed by atoms with E-state index in [-0.39, 0.29) is 11.8 Å². The van der Waals surface area contributed by atoms with Gasteiger partial charge in [0.15, 0.2) is 0 Å². The minimum absolute atomic E-state index is 0.309. The van der Waals surface area contributed by atoms with Crippen molar-refractivity contribution in [2.75, 3.05) is 10.2 Å². The van der Waals surface area contributed by atoms with Gasteiger partial charge < -0.3 is 5.32 Å². The van der Waals surface area contributed by atoms with Crippen molar-refractivity contribution in [2.24, 2.45) is 0 Å². The first-order valence-corrected chi connectivity index (χ1v) is 10.4. The molecule has 0 radical (unpaired) electrons. The third-order valence-corrected chi connectivity index (χ3v) is 5.89. The van der Waals surface area contributed by atoms with Crippen LogP contribution in [0.5, 0.6) is 0 Å². The first-order chi connectivity index (χ1) is 14.8. The number of hydrogen-bond acceptors (Lipinski definition) is 3. The number of anilines is 2. The van der Waals surface area contributed by atoms with Crippen LogP contribution in [0.15, 0.2) is 66.4 Å². The highest BCUT2D eigenvalue weighted by Gasteiger charge is 2.41. The summed E-state index contributed by atoms with van der Waals surface area (Å²) in [6.07, 6.45) is 0. The number of hydrogen-bond donors (Lipinski definition) is 1. The average Bonchev–Trinajstić information content (AvgIpc) is 2.98. The molecule has 0 saturated heterocycles. The Labute approximate surface area is 183 Å². The highest BCUT2D eigenvalue weighted by molar-refractivity contribution is 6.46. The predicted octanol–water partition coefficient (Wildman–Crippen LogP) is 5.63. The molecule has 0 spiro atoms. The van der Waals surface area contributed by atoms with Crippen LogP contribution < -0.4 is 10.2 Å². The predicted molar refractivity (Wildman–Crippen MR) is 126 cm³/mol. The molecule has 0 bridgehead atoms. The average molecular weight is 411 g/mol. The molecule has 0 aliphatic carbocycles. The lowest BCUT2D eigenvalue weighted by Gasteiger charge is -2.19. The Morgan fingerprint density at radius 1 is 0.710 bits per heavy atom. The van der Waals surface area contributed by atoms with Crippen LogP contribution in [0.1, 0.15) is 33.4 Å². The van der Waals surface area contributed by atoms with Gasteiger partial charge in [-0.1, -0.05) is 54.1 Å². The van der Waals surface area contributed by atoms with Crippen molar-refractivity contribution in [2.45, 2.75) is 34.6 Å². The number of carbonyl (C=O) groups is 2.